The lowest BCUT2D eigenvalue weighted by atomic mass is 9.59. The van der Waals surface area contributed by atoms with Crippen LogP contribution in [0.2, 0.25) is 0 Å². The van der Waals surface area contributed by atoms with E-state index in [0.717, 1.165) is 49.8 Å². The summed E-state index contributed by atoms with van der Waals surface area (Å²) in [7, 11) is 4.39. The second-order valence-corrected chi connectivity index (χ2v) is 10.9. The third kappa shape index (κ3) is 2.70. The number of anilines is 1. The summed E-state index contributed by atoms with van der Waals surface area (Å²) >= 11 is 0. The third-order valence-corrected chi connectivity index (χ3v) is 9.14. The summed E-state index contributed by atoms with van der Waals surface area (Å²) in [5, 5.41) is 3.07. The minimum Gasteiger partial charge on any atom is -0.359 e. The first-order valence-corrected chi connectivity index (χ1v) is 12.1. The summed E-state index contributed by atoms with van der Waals surface area (Å²) in [6.07, 6.45) is 17.9. The normalized spacial score (nSPS) is 39.4. The predicted octanol–water partition coefficient (Wildman–Crippen LogP) is 4.64. The van der Waals surface area contributed by atoms with Gasteiger partial charge in [0.25, 0.3) is 5.91 Å². The number of hydrogen-bond acceptors (Lipinski definition) is 4. The molecule has 3 aliphatic carbocycles. The smallest absolute Gasteiger partial charge is 0.251 e. The van der Waals surface area contributed by atoms with Gasteiger partial charge in [-0.3, -0.25) is 9.78 Å². The Bertz CT molecular complexity index is 1060. The SMILES string of the molecule is CN(C)[C@H]1CCC2=CC3=CC[C@]4(C)C(C(=O)Nc5cccnc5)=CC[C@H]4C34CC[C@]2(C1)O4. The number of hydrogen-bond donors (Lipinski definition) is 1. The maximum atomic E-state index is 13.3. The van der Waals surface area contributed by atoms with Crippen LogP contribution in [0.3, 0.4) is 0 Å². The highest BCUT2D eigenvalue weighted by atomic mass is 16.5. The Morgan fingerprint density at radius 2 is 2.16 bits per heavy atom. The van der Waals surface area contributed by atoms with Gasteiger partial charge in [0, 0.05) is 29.1 Å². The van der Waals surface area contributed by atoms with E-state index in [0.29, 0.717) is 12.0 Å². The lowest BCUT2D eigenvalue weighted by Crippen LogP contribution is -2.55. The Morgan fingerprint density at radius 1 is 1.28 bits per heavy atom. The van der Waals surface area contributed by atoms with Crippen LogP contribution in [0.1, 0.15) is 51.9 Å². The molecule has 1 saturated carbocycles. The van der Waals surface area contributed by atoms with E-state index in [1.54, 1.807) is 12.4 Å². The Morgan fingerprint density at radius 3 is 2.94 bits per heavy atom. The molecule has 1 N–H and O–H groups in total. The van der Waals surface area contributed by atoms with Gasteiger partial charge in [-0.2, -0.15) is 0 Å². The zero-order valence-corrected chi connectivity index (χ0v) is 19.4. The number of nitrogens with one attached hydrogen (secondary N) is 1. The molecule has 2 spiro atoms. The quantitative estimate of drug-likeness (QED) is 0.757. The maximum absolute atomic E-state index is 13.3. The van der Waals surface area contributed by atoms with E-state index in [1.165, 1.54) is 17.6 Å². The van der Waals surface area contributed by atoms with Crippen LogP contribution in [0.4, 0.5) is 5.69 Å². The highest BCUT2D eigenvalue weighted by Gasteiger charge is 2.65. The number of carbonyl (C=O) groups is 1. The Kier molecular flexibility index (Phi) is 4.38. The molecule has 5 heteroatoms. The van der Waals surface area contributed by atoms with Crippen LogP contribution in [0, 0.1) is 11.3 Å². The van der Waals surface area contributed by atoms with E-state index in [2.05, 4.69) is 54.4 Å². The number of amides is 1. The van der Waals surface area contributed by atoms with Crippen molar-refractivity contribution in [1.82, 2.24) is 9.88 Å². The highest BCUT2D eigenvalue weighted by molar-refractivity contribution is 6.05. The molecule has 5 aliphatic rings. The summed E-state index contributed by atoms with van der Waals surface area (Å²) < 4.78 is 7.25. The van der Waals surface area contributed by atoms with Gasteiger partial charge in [0.2, 0.25) is 0 Å². The minimum atomic E-state index is -0.252. The first-order chi connectivity index (χ1) is 15.4. The van der Waals surface area contributed by atoms with Crippen LogP contribution >= 0.6 is 0 Å². The molecule has 6 rings (SSSR count). The second-order valence-electron chi connectivity index (χ2n) is 10.9. The number of rotatable bonds is 3. The van der Waals surface area contributed by atoms with Crippen molar-refractivity contribution >= 4 is 11.6 Å². The van der Waals surface area contributed by atoms with Crippen LogP contribution in [-0.4, -0.2) is 47.1 Å². The van der Waals surface area contributed by atoms with Gasteiger partial charge in [-0.25, -0.2) is 0 Å². The van der Waals surface area contributed by atoms with Gasteiger partial charge in [-0.15, -0.1) is 0 Å². The summed E-state index contributed by atoms with van der Waals surface area (Å²) in [5.41, 5.74) is 3.98. The molecule has 5 atom stereocenters. The monoisotopic (exact) mass is 431 g/mol. The van der Waals surface area contributed by atoms with Gasteiger partial charge < -0.3 is 15.0 Å². The van der Waals surface area contributed by atoms with Crippen molar-refractivity contribution in [2.45, 2.75) is 69.1 Å². The molecule has 1 unspecified atom stereocenters. The Labute approximate surface area is 190 Å². The first-order valence-electron chi connectivity index (χ1n) is 12.1. The van der Waals surface area contributed by atoms with Crippen molar-refractivity contribution < 1.29 is 9.53 Å². The molecule has 2 bridgehead atoms. The van der Waals surface area contributed by atoms with Crippen molar-refractivity contribution in [3.05, 3.63) is 59.5 Å². The van der Waals surface area contributed by atoms with Gasteiger partial charge in [-0.05, 0) is 82.3 Å². The lowest BCUT2D eigenvalue weighted by molar-refractivity contribution is -0.137. The van der Waals surface area contributed by atoms with Crippen LogP contribution in [0.25, 0.3) is 0 Å². The molecule has 1 amide bonds. The highest BCUT2D eigenvalue weighted by Crippen LogP contribution is 2.66. The fourth-order valence-electron chi connectivity index (χ4n) is 7.39. The van der Waals surface area contributed by atoms with Gasteiger partial charge >= 0.3 is 0 Å². The van der Waals surface area contributed by atoms with E-state index in [-0.39, 0.29) is 22.5 Å². The summed E-state index contributed by atoms with van der Waals surface area (Å²) in [4.78, 5) is 19.8. The molecule has 1 aromatic rings. The summed E-state index contributed by atoms with van der Waals surface area (Å²) in [6.45, 7) is 2.28. The topological polar surface area (TPSA) is 54.5 Å². The van der Waals surface area contributed by atoms with Gasteiger partial charge in [-0.1, -0.05) is 25.2 Å². The molecule has 2 aliphatic heterocycles. The zero-order valence-electron chi connectivity index (χ0n) is 19.4. The van der Waals surface area contributed by atoms with Crippen molar-refractivity contribution in [1.29, 1.82) is 0 Å². The number of aromatic nitrogens is 1. The average Bonchev–Trinajstić information content (AvgIpc) is 3.29. The van der Waals surface area contributed by atoms with Crippen molar-refractivity contribution in [3.63, 3.8) is 0 Å². The number of ether oxygens (including phenoxy) is 1. The van der Waals surface area contributed by atoms with Crippen molar-refractivity contribution in [2.24, 2.45) is 11.3 Å². The molecule has 1 saturated heterocycles. The lowest BCUT2D eigenvalue weighted by Gasteiger charge is -2.54. The first kappa shape index (κ1) is 20.4. The van der Waals surface area contributed by atoms with Gasteiger partial charge in [0.1, 0.15) is 0 Å². The van der Waals surface area contributed by atoms with Crippen LogP contribution in [0.5, 0.6) is 0 Å². The van der Waals surface area contributed by atoms with Gasteiger partial charge in [0.05, 0.1) is 23.1 Å². The minimum absolute atomic E-state index is 0.00124. The van der Waals surface area contributed by atoms with Crippen molar-refractivity contribution in [3.8, 4) is 0 Å². The molecule has 3 heterocycles. The van der Waals surface area contributed by atoms with E-state index < -0.39 is 0 Å². The van der Waals surface area contributed by atoms with E-state index >= 15 is 0 Å². The molecular formula is C27H33N3O2. The number of allylic oxidation sites excluding steroid dienone is 2. The van der Waals surface area contributed by atoms with Crippen LogP contribution in [0.15, 0.2) is 59.5 Å². The number of nitrogens with zero attached hydrogens (tertiary/aromatic N) is 2. The molecule has 32 heavy (non-hydrogen) atoms. The Balaban J connectivity index is 1.32. The molecule has 168 valence electrons. The Hall–Kier alpha value is -2.24. The molecule has 0 radical (unpaired) electrons. The third-order valence-electron chi connectivity index (χ3n) is 9.14. The molecule has 5 nitrogen and oxygen atoms in total. The maximum Gasteiger partial charge on any atom is 0.251 e. The zero-order chi connectivity index (χ0) is 22.1. The fraction of sp³-hybridized carbons (Fsp3) is 0.556. The standard InChI is InChI=1S/C27H33N3O2/c1-25-11-10-19-15-18-6-7-21(30(2)3)16-26(18)12-13-27(19,32-26)23(25)9-8-22(25)24(31)29-20-5-4-14-28-17-20/h4-5,8,10,14-15,17,21,23H,6-7,9,11-13,16H2,1-3H3,(H,29,31)/t21-,23+,25+,26+,27?/m0/s1. The van der Waals surface area contributed by atoms with Crippen LogP contribution < -0.4 is 5.32 Å². The van der Waals surface area contributed by atoms with E-state index in [9.17, 15) is 4.79 Å². The fourth-order valence-corrected chi connectivity index (χ4v) is 7.39. The number of pyridine rings is 1. The average molecular weight is 432 g/mol. The predicted molar refractivity (Wildman–Crippen MR) is 125 cm³/mol. The second kappa shape index (κ2) is 6.88. The number of fused-ring (bicyclic) bond motifs is 1. The van der Waals surface area contributed by atoms with E-state index in [1.807, 2.05) is 12.1 Å². The van der Waals surface area contributed by atoms with Crippen LogP contribution in [-0.2, 0) is 9.53 Å². The molecule has 1 aromatic heterocycles. The number of carbonyl (C=O) groups excluding carboxylic acids is 1. The largest absolute Gasteiger partial charge is 0.359 e. The summed E-state index contributed by atoms with van der Waals surface area (Å²) in [6, 6.07) is 4.31. The summed E-state index contributed by atoms with van der Waals surface area (Å²) in [5.74, 6) is 0.308. The molecule has 0 aromatic carbocycles. The van der Waals surface area contributed by atoms with E-state index in [4.69, 9.17) is 4.74 Å². The van der Waals surface area contributed by atoms with Gasteiger partial charge in [0.15, 0.2) is 0 Å². The van der Waals surface area contributed by atoms with Crippen molar-refractivity contribution in [2.75, 3.05) is 19.4 Å². The molecular weight excluding hydrogens is 398 g/mol. The molecule has 2 fully saturated rings.